The van der Waals surface area contributed by atoms with E-state index in [0.29, 0.717) is 16.3 Å². The minimum atomic E-state index is -0.806. The summed E-state index contributed by atoms with van der Waals surface area (Å²) in [7, 11) is 0. The molecule has 1 aliphatic rings. The van der Waals surface area contributed by atoms with E-state index in [2.05, 4.69) is 0 Å². The average Bonchev–Trinajstić information content (AvgIpc) is 3.09. The van der Waals surface area contributed by atoms with E-state index in [4.69, 9.17) is 11.6 Å². The van der Waals surface area contributed by atoms with Gasteiger partial charge in [-0.2, -0.15) is 0 Å². The molecule has 1 saturated heterocycles. The Kier molecular flexibility index (Phi) is 5.00. The summed E-state index contributed by atoms with van der Waals surface area (Å²) in [6, 6.07) is 28.3. The van der Waals surface area contributed by atoms with Crippen molar-refractivity contribution in [3.05, 3.63) is 119 Å². The summed E-state index contributed by atoms with van der Waals surface area (Å²) in [6.45, 7) is 0. The van der Waals surface area contributed by atoms with Crippen molar-refractivity contribution in [2.45, 2.75) is 6.04 Å². The molecule has 0 aromatic heterocycles. The summed E-state index contributed by atoms with van der Waals surface area (Å²) in [6.07, 6.45) is 0. The highest BCUT2D eigenvalue weighted by atomic mass is 35.5. The average molecular weight is 440 g/mol. The number of carbonyl (C=O) groups excluding carboxylic acids is 2. The van der Waals surface area contributed by atoms with E-state index in [1.165, 1.54) is 4.90 Å². The molecule has 5 rings (SSSR count). The summed E-state index contributed by atoms with van der Waals surface area (Å²) in [4.78, 5) is 28.0. The molecule has 1 fully saturated rings. The molecular formula is C27H18ClNO3. The van der Waals surface area contributed by atoms with Gasteiger partial charge in [0.1, 0.15) is 5.76 Å². The maximum Gasteiger partial charge on any atom is 0.300 e. The molecule has 0 bridgehead atoms. The molecule has 156 valence electrons. The Morgan fingerprint density at radius 1 is 0.812 bits per heavy atom. The number of Topliss-reactive ketones (excluding diaryl/α,β-unsaturated/α-hetero) is 1. The number of amides is 1. The molecule has 1 heterocycles. The van der Waals surface area contributed by atoms with Crippen molar-refractivity contribution in [1.82, 2.24) is 0 Å². The second-order valence-electron chi connectivity index (χ2n) is 7.58. The van der Waals surface area contributed by atoms with Crippen molar-refractivity contribution in [2.75, 3.05) is 4.90 Å². The quantitative estimate of drug-likeness (QED) is 0.238. The number of benzene rings is 4. The molecular weight excluding hydrogens is 422 g/mol. The lowest BCUT2D eigenvalue weighted by Gasteiger charge is -2.26. The van der Waals surface area contributed by atoms with Crippen LogP contribution in [-0.2, 0) is 9.59 Å². The number of nitrogens with zero attached hydrogens (tertiary/aromatic N) is 1. The van der Waals surface area contributed by atoms with Crippen molar-refractivity contribution in [3.8, 4) is 0 Å². The number of halogens is 1. The van der Waals surface area contributed by atoms with E-state index in [1.807, 2.05) is 48.5 Å². The standard InChI is InChI=1S/C27H18ClNO3/c28-19-12-7-13-20(16-19)29-24(22-15-6-11-17-8-4-5-14-21(17)22)23(26(31)27(29)32)25(30)18-9-2-1-3-10-18/h1-16,24,30H/b25-23-. The van der Waals surface area contributed by atoms with E-state index in [-0.39, 0.29) is 11.3 Å². The number of aliphatic hydroxyl groups excluding tert-OH is 1. The number of hydrogen-bond acceptors (Lipinski definition) is 3. The Morgan fingerprint density at radius 2 is 1.50 bits per heavy atom. The van der Waals surface area contributed by atoms with Crippen molar-refractivity contribution >= 4 is 45.5 Å². The van der Waals surface area contributed by atoms with Gasteiger partial charge in [0.15, 0.2) is 0 Å². The molecule has 4 nitrogen and oxygen atoms in total. The normalized spacial score (nSPS) is 17.8. The van der Waals surface area contributed by atoms with Gasteiger partial charge in [0, 0.05) is 16.3 Å². The Hall–Kier alpha value is -3.89. The molecule has 1 amide bonds. The first-order valence-corrected chi connectivity index (χ1v) is 10.5. The topological polar surface area (TPSA) is 57.6 Å². The first kappa shape index (κ1) is 20.0. The molecule has 0 spiro atoms. The number of hydrogen-bond donors (Lipinski definition) is 1. The van der Waals surface area contributed by atoms with Crippen molar-refractivity contribution in [2.24, 2.45) is 0 Å². The van der Waals surface area contributed by atoms with E-state index in [1.54, 1.807) is 48.5 Å². The minimum Gasteiger partial charge on any atom is -0.507 e. The van der Waals surface area contributed by atoms with Crippen LogP contribution in [-0.4, -0.2) is 16.8 Å². The lowest BCUT2D eigenvalue weighted by molar-refractivity contribution is -0.132. The van der Waals surface area contributed by atoms with Crippen molar-refractivity contribution < 1.29 is 14.7 Å². The first-order chi connectivity index (χ1) is 15.6. The lowest BCUT2D eigenvalue weighted by Crippen LogP contribution is -2.29. The van der Waals surface area contributed by atoms with Crippen molar-refractivity contribution in [1.29, 1.82) is 0 Å². The number of ketones is 1. The van der Waals surface area contributed by atoms with E-state index >= 15 is 0 Å². The predicted molar refractivity (Wildman–Crippen MR) is 127 cm³/mol. The van der Waals surface area contributed by atoms with Crippen LogP contribution in [0.3, 0.4) is 0 Å². The smallest absolute Gasteiger partial charge is 0.300 e. The molecule has 0 radical (unpaired) electrons. The van der Waals surface area contributed by atoms with Crippen LogP contribution in [0.2, 0.25) is 5.02 Å². The minimum absolute atomic E-state index is 0.0533. The van der Waals surface area contributed by atoms with Crippen LogP contribution in [0, 0.1) is 0 Å². The Morgan fingerprint density at radius 3 is 2.28 bits per heavy atom. The molecule has 1 aliphatic heterocycles. The monoisotopic (exact) mass is 439 g/mol. The van der Waals surface area contributed by atoms with Gasteiger partial charge in [0.2, 0.25) is 0 Å². The molecule has 4 aromatic carbocycles. The van der Waals surface area contributed by atoms with Crippen LogP contribution >= 0.6 is 11.6 Å². The van der Waals surface area contributed by atoms with Gasteiger partial charge in [-0.25, -0.2) is 0 Å². The number of aliphatic hydroxyl groups is 1. The van der Waals surface area contributed by atoms with E-state index in [0.717, 1.165) is 16.3 Å². The van der Waals surface area contributed by atoms with Crippen LogP contribution in [0.15, 0.2) is 103 Å². The zero-order valence-corrected chi connectivity index (χ0v) is 17.7. The first-order valence-electron chi connectivity index (χ1n) is 10.2. The van der Waals surface area contributed by atoms with Crippen LogP contribution in [0.4, 0.5) is 5.69 Å². The maximum absolute atomic E-state index is 13.3. The summed E-state index contributed by atoms with van der Waals surface area (Å²) >= 11 is 6.21. The second kappa shape index (κ2) is 7.98. The Balaban J connectivity index is 1.82. The zero-order chi connectivity index (χ0) is 22.2. The van der Waals surface area contributed by atoms with E-state index < -0.39 is 17.7 Å². The fourth-order valence-corrected chi connectivity index (χ4v) is 4.44. The third kappa shape index (κ3) is 3.26. The molecule has 0 saturated carbocycles. The van der Waals surface area contributed by atoms with E-state index in [9.17, 15) is 14.7 Å². The maximum atomic E-state index is 13.3. The van der Waals surface area contributed by atoms with Gasteiger partial charge >= 0.3 is 0 Å². The molecule has 32 heavy (non-hydrogen) atoms. The molecule has 5 heteroatoms. The molecule has 4 aromatic rings. The highest BCUT2D eigenvalue weighted by Gasteiger charge is 2.47. The van der Waals surface area contributed by atoms with Gasteiger partial charge in [0.25, 0.3) is 11.7 Å². The number of rotatable bonds is 3. The summed E-state index contributed by atoms with van der Waals surface area (Å²) in [5.41, 5.74) is 1.77. The van der Waals surface area contributed by atoms with Gasteiger partial charge < -0.3 is 5.11 Å². The summed E-state index contributed by atoms with van der Waals surface area (Å²) in [5.74, 6) is -1.64. The van der Waals surface area contributed by atoms with Crippen molar-refractivity contribution in [3.63, 3.8) is 0 Å². The highest BCUT2D eigenvalue weighted by Crippen LogP contribution is 2.44. The van der Waals surface area contributed by atoms with Gasteiger partial charge in [0.05, 0.1) is 11.6 Å². The second-order valence-corrected chi connectivity index (χ2v) is 8.02. The molecule has 0 aliphatic carbocycles. The third-order valence-electron chi connectivity index (χ3n) is 5.70. The van der Waals surface area contributed by atoms with Crippen LogP contribution < -0.4 is 4.90 Å². The third-order valence-corrected chi connectivity index (χ3v) is 5.93. The SMILES string of the molecule is O=C1C(=O)N(c2cccc(Cl)c2)C(c2cccc3ccccc23)/C1=C(/O)c1ccccc1. The van der Waals surface area contributed by atoms with Crippen LogP contribution in [0.25, 0.3) is 16.5 Å². The van der Waals surface area contributed by atoms with Crippen LogP contribution in [0.1, 0.15) is 17.2 Å². The number of fused-ring (bicyclic) bond motifs is 1. The van der Waals surface area contributed by atoms with Crippen LogP contribution in [0.5, 0.6) is 0 Å². The molecule has 1 unspecified atom stereocenters. The Bertz CT molecular complexity index is 1390. The summed E-state index contributed by atoms with van der Waals surface area (Å²) < 4.78 is 0. The Labute approximate surface area is 190 Å². The molecule has 1 N–H and O–H groups in total. The summed E-state index contributed by atoms with van der Waals surface area (Å²) in [5, 5.41) is 13.5. The fraction of sp³-hybridized carbons (Fsp3) is 0.0370. The largest absolute Gasteiger partial charge is 0.507 e. The van der Waals surface area contributed by atoms with Gasteiger partial charge in [-0.3, -0.25) is 14.5 Å². The zero-order valence-electron chi connectivity index (χ0n) is 16.9. The molecule has 1 atom stereocenters. The lowest BCUT2D eigenvalue weighted by atomic mass is 9.91. The van der Waals surface area contributed by atoms with Gasteiger partial charge in [-0.05, 0) is 34.5 Å². The fourth-order valence-electron chi connectivity index (χ4n) is 4.26. The highest BCUT2D eigenvalue weighted by molar-refractivity contribution is 6.52. The number of anilines is 1. The van der Waals surface area contributed by atoms with Gasteiger partial charge in [-0.15, -0.1) is 0 Å². The van der Waals surface area contributed by atoms with Gasteiger partial charge in [-0.1, -0.05) is 90.5 Å². The number of carbonyl (C=O) groups is 2. The predicted octanol–water partition coefficient (Wildman–Crippen LogP) is 6.12.